The van der Waals surface area contributed by atoms with Crippen molar-refractivity contribution < 1.29 is 25.8 Å². The predicted octanol–water partition coefficient (Wildman–Crippen LogP) is 12.7. The number of rotatable bonds is 5. The van der Waals surface area contributed by atoms with Gasteiger partial charge in [0.1, 0.15) is 5.82 Å². The van der Waals surface area contributed by atoms with Gasteiger partial charge in [-0.05, 0) is 86.9 Å². The standard InChI is InChI=1S/C49H46N5O.Pt/c1-47(2,3)33-22-23-51-45(27-33)54-43-19-12-14-32(30-50)46(43)40-21-20-39(29-44(40)54)55-38-16-13-15-36(28-38)52-31-53(42-18-11-10-17-41(42)52)37-25-34(48(4,5)6)24-35(26-37)49(7,8)9;/h10-27,31H,1-9H3;/q-3;. The Morgan fingerprint density at radius 2 is 1.30 bits per heavy atom. The summed E-state index contributed by atoms with van der Waals surface area (Å²) >= 11 is 0. The summed E-state index contributed by atoms with van der Waals surface area (Å²) in [5.41, 5.74) is 10.1. The molecular formula is C49H46N5OPt-3. The fraction of sp³-hybridized carbons (Fsp3) is 0.245. The number of pyridine rings is 1. The maximum Gasteiger partial charge on any atom is 0.135 e. The third-order valence-corrected chi connectivity index (χ3v) is 10.4. The Balaban J connectivity index is 0.00000480. The zero-order valence-electron chi connectivity index (χ0n) is 33.4. The van der Waals surface area contributed by atoms with Gasteiger partial charge in [-0.25, -0.2) is 4.98 Å². The number of nitriles is 1. The van der Waals surface area contributed by atoms with E-state index in [1.807, 2.05) is 48.7 Å². The van der Waals surface area contributed by atoms with Gasteiger partial charge in [-0.2, -0.15) is 17.4 Å². The molecule has 0 radical (unpaired) electrons. The Morgan fingerprint density at radius 3 is 1.96 bits per heavy atom. The molecule has 0 amide bonds. The smallest absolute Gasteiger partial charge is 0.135 e. The second-order valence-electron chi connectivity index (χ2n) is 17.5. The quantitative estimate of drug-likeness (QED) is 0.161. The minimum Gasteiger partial charge on any atom is -0.509 e. The van der Waals surface area contributed by atoms with Gasteiger partial charge in [-0.3, -0.25) is 0 Å². The Bertz CT molecular complexity index is 2620. The second kappa shape index (κ2) is 14.3. The van der Waals surface area contributed by atoms with Gasteiger partial charge in [0.15, 0.2) is 0 Å². The summed E-state index contributed by atoms with van der Waals surface area (Å²) in [6.07, 6.45) is 1.85. The number of fused-ring (bicyclic) bond motifs is 4. The topological polar surface area (TPSA) is 57.3 Å². The van der Waals surface area contributed by atoms with Crippen LogP contribution >= 0.6 is 0 Å². The van der Waals surface area contributed by atoms with Crippen LogP contribution in [0, 0.1) is 30.1 Å². The minimum absolute atomic E-state index is 0. The Hall–Kier alpha value is -5.37. The van der Waals surface area contributed by atoms with Crippen molar-refractivity contribution in [1.29, 1.82) is 5.26 Å². The van der Waals surface area contributed by atoms with E-state index in [1.54, 1.807) is 0 Å². The van der Waals surface area contributed by atoms with Crippen molar-refractivity contribution in [2.75, 3.05) is 9.80 Å². The van der Waals surface area contributed by atoms with Crippen LogP contribution in [-0.2, 0) is 37.3 Å². The van der Waals surface area contributed by atoms with Crippen molar-refractivity contribution in [2.45, 2.75) is 78.6 Å². The van der Waals surface area contributed by atoms with Crippen LogP contribution in [-0.4, -0.2) is 9.55 Å². The Labute approximate surface area is 345 Å². The number of ether oxygens (including phenoxy) is 1. The van der Waals surface area contributed by atoms with Crippen LogP contribution in [0.2, 0.25) is 0 Å². The first-order valence-electron chi connectivity index (χ1n) is 18.9. The SMILES string of the molecule is CC(C)(C)c1cc(N2[CH-]N(c3[c-]c(Oc4[c-]c5c(cc4)c4c(C#N)cccc4n5-c4cc(C(C)(C)C)ccn4)ccc3)c3ccccc32)cc(C(C)(C)C)c1.[Pt]. The zero-order valence-corrected chi connectivity index (χ0v) is 35.7. The van der Waals surface area contributed by atoms with Crippen LogP contribution < -0.4 is 14.5 Å². The third-order valence-electron chi connectivity index (χ3n) is 10.4. The minimum atomic E-state index is -0.0662. The van der Waals surface area contributed by atoms with Crippen LogP contribution in [0.3, 0.4) is 0 Å². The van der Waals surface area contributed by atoms with Gasteiger partial charge in [0.2, 0.25) is 0 Å². The fourth-order valence-electron chi connectivity index (χ4n) is 7.25. The van der Waals surface area contributed by atoms with Crippen LogP contribution in [0.1, 0.15) is 84.6 Å². The number of hydrogen-bond donors (Lipinski definition) is 0. The van der Waals surface area contributed by atoms with Crippen molar-refractivity contribution >= 4 is 44.6 Å². The number of anilines is 4. The summed E-state index contributed by atoms with van der Waals surface area (Å²) in [4.78, 5) is 9.25. The molecule has 286 valence electrons. The number of hydrogen-bond acceptors (Lipinski definition) is 5. The molecule has 1 aliphatic rings. The summed E-state index contributed by atoms with van der Waals surface area (Å²) < 4.78 is 8.63. The van der Waals surface area contributed by atoms with E-state index in [4.69, 9.17) is 9.72 Å². The molecule has 56 heavy (non-hydrogen) atoms. The van der Waals surface area contributed by atoms with Crippen LogP contribution in [0.5, 0.6) is 11.5 Å². The van der Waals surface area contributed by atoms with Crippen LogP contribution in [0.4, 0.5) is 22.7 Å². The number of nitrogens with zero attached hydrogens (tertiary/aromatic N) is 5. The maximum atomic E-state index is 10.1. The van der Waals surface area contributed by atoms with Gasteiger partial charge < -0.3 is 19.1 Å². The predicted molar refractivity (Wildman–Crippen MR) is 225 cm³/mol. The van der Waals surface area contributed by atoms with Crippen LogP contribution in [0.15, 0.2) is 109 Å². The first-order valence-corrected chi connectivity index (χ1v) is 18.9. The molecule has 6 nitrogen and oxygen atoms in total. The molecule has 0 N–H and O–H groups in total. The summed E-state index contributed by atoms with van der Waals surface area (Å²) in [7, 11) is 0. The Kier molecular flexibility index (Phi) is 9.92. The molecule has 7 heteroatoms. The molecule has 7 aromatic rings. The largest absolute Gasteiger partial charge is 0.509 e. The fourth-order valence-corrected chi connectivity index (χ4v) is 7.25. The van der Waals surface area contributed by atoms with Crippen molar-refractivity contribution in [1.82, 2.24) is 9.55 Å². The molecular weight excluding hydrogens is 870 g/mol. The van der Waals surface area contributed by atoms with Crippen molar-refractivity contribution in [3.8, 4) is 23.4 Å². The summed E-state index contributed by atoms with van der Waals surface area (Å²) in [6, 6.07) is 44.8. The van der Waals surface area contributed by atoms with Crippen LogP contribution in [0.25, 0.3) is 27.6 Å². The molecule has 2 aromatic heterocycles. The number of benzene rings is 5. The van der Waals surface area contributed by atoms with E-state index in [-0.39, 0.29) is 37.3 Å². The van der Waals surface area contributed by atoms with Gasteiger partial charge in [0, 0.05) is 66.9 Å². The summed E-state index contributed by atoms with van der Waals surface area (Å²) in [6.45, 7) is 22.3. The molecule has 0 unspecified atom stereocenters. The van der Waals surface area contributed by atoms with E-state index in [9.17, 15) is 5.26 Å². The van der Waals surface area contributed by atoms with Crippen molar-refractivity contribution in [3.05, 3.63) is 150 Å². The first-order chi connectivity index (χ1) is 26.1. The van der Waals surface area contributed by atoms with Crippen molar-refractivity contribution in [2.24, 2.45) is 0 Å². The van der Waals surface area contributed by atoms with Crippen molar-refractivity contribution in [3.63, 3.8) is 0 Å². The summed E-state index contributed by atoms with van der Waals surface area (Å²) in [5, 5.41) is 11.9. The average molecular weight is 916 g/mol. The maximum absolute atomic E-state index is 10.1. The van der Waals surface area contributed by atoms with E-state index >= 15 is 0 Å². The van der Waals surface area contributed by atoms with Gasteiger partial charge in [-0.1, -0.05) is 92.1 Å². The van der Waals surface area contributed by atoms with E-state index in [2.05, 4.69) is 162 Å². The number of para-hydroxylation sites is 2. The normalized spacial score (nSPS) is 13.1. The molecule has 1 aliphatic heterocycles. The molecule has 0 fully saturated rings. The Morgan fingerprint density at radius 1 is 0.661 bits per heavy atom. The molecule has 0 saturated carbocycles. The molecule has 0 saturated heterocycles. The molecule has 5 aromatic carbocycles. The van der Waals surface area contributed by atoms with E-state index in [0.717, 1.165) is 55.9 Å². The van der Waals surface area contributed by atoms with Gasteiger partial charge >= 0.3 is 0 Å². The van der Waals surface area contributed by atoms with E-state index in [0.29, 0.717) is 17.1 Å². The molecule has 0 atom stereocenters. The molecule has 0 aliphatic carbocycles. The molecule has 8 rings (SSSR count). The van der Waals surface area contributed by atoms with Gasteiger partial charge in [0.05, 0.1) is 6.07 Å². The van der Waals surface area contributed by atoms with E-state index in [1.165, 1.54) is 11.1 Å². The first kappa shape index (κ1) is 38.9. The molecule has 0 spiro atoms. The second-order valence-corrected chi connectivity index (χ2v) is 17.5. The molecule has 3 heterocycles. The van der Waals surface area contributed by atoms with Gasteiger partial charge in [0.25, 0.3) is 0 Å². The zero-order chi connectivity index (χ0) is 38.9. The van der Waals surface area contributed by atoms with E-state index < -0.39 is 0 Å². The molecule has 0 bridgehead atoms. The number of aromatic nitrogens is 2. The van der Waals surface area contributed by atoms with Gasteiger partial charge in [-0.15, -0.1) is 48.1 Å². The summed E-state index contributed by atoms with van der Waals surface area (Å²) in [5.74, 6) is 1.87. The monoisotopic (exact) mass is 915 g/mol. The average Bonchev–Trinajstić information content (AvgIpc) is 3.70. The third kappa shape index (κ3) is 7.10.